The van der Waals surface area contributed by atoms with Crippen molar-refractivity contribution in [3.63, 3.8) is 0 Å². The average molecular weight is 324 g/mol. The first-order valence-electron chi connectivity index (χ1n) is 9.19. The van der Waals surface area contributed by atoms with E-state index in [1.807, 2.05) is 0 Å². The number of aliphatic hydroxyl groups is 2. The molecule has 0 aromatic heterocycles. The fourth-order valence-corrected chi connectivity index (χ4v) is 5.64. The summed E-state index contributed by atoms with van der Waals surface area (Å²) < 4.78 is 11.3. The zero-order valence-electron chi connectivity index (χ0n) is 13.7. The molecular weight excluding hydrogens is 296 g/mol. The molecule has 0 amide bonds. The highest BCUT2D eigenvalue weighted by atomic mass is 16.7. The molecule has 2 unspecified atom stereocenters. The van der Waals surface area contributed by atoms with Gasteiger partial charge >= 0.3 is 0 Å². The molecule has 0 bridgehead atoms. The van der Waals surface area contributed by atoms with Crippen LogP contribution >= 0.6 is 0 Å². The normalized spacial score (nSPS) is 46.8. The Labute approximate surface area is 137 Å². The Hall–Kier alpha value is -0.490. The fraction of sp³-hybridized carbons (Fsp3) is 0.944. The van der Waals surface area contributed by atoms with Crippen molar-refractivity contribution in [2.24, 2.45) is 23.7 Å². The van der Waals surface area contributed by atoms with Crippen LogP contribution in [0.3, 0.4) is 0 Å². The molecule has 2 N–H and O–H groups in total. The molecular formula is C18H28O5. The molecule has 1 saturated heterocycles. The van der Waals surface area contributed by atoms with Crippen molar-refractivity contribution in [2.75, 3.05) is 13.2 Å². The number of ketones is 1. The van der Waals surface area contributed by atoms with E-state index in [9.17, 15) is 15.0 Å². The lowest BCUT2D eigenvalue weighted by Gasteiger charge is -2.22. The van der Waals surface area contributed by atoms with Crippen LogP contribution in [0, 0.1) is 23.7 Å². The van der Waals surface area contributed by atoms with Crippen LogP contribution in [0.25, 0.3) is 0 Å². The summed E-state index contributed by atoms with van der Waals surface area (Å²) in [6.07, 6.45) is 6.98. The molecule has 0 aromatic carbocycles. The second-order valence-electron chi connectivity index (χ2n) is 8.25. The van der Waals surface area contributed by atoms with Crippen molar-refractivity contribution < 1.29 is 24.5 Å². The number of hydrogen-bond donors (Lipinski definition) is 2. The van der Waals surface area contributed by atoms with Crippen molar-refractivity contribution in [3.05, 3.63) is 0 Å². The van der Waals surface area contributed by atoms with Crippen molar-refractivity contribution >= 4 is 5.78 Å². The topological polar surface area (TPSA) is 76.0 Å². The van der Waals surface area contributed by atoms with Gasteiger partial charge in [-0.1, -0.05) is 0 Å². The van der Waals surface area contributed by atoms with Gasteiger partial charge < -0.3 is 19.7 Å². The van der Waals surface area contributed by atoms with E-state index >= 15 is 0 Å². The van der Waals surface area contributed by atoms with Gasteiger partial charge in [-0.2, -0.15) is 0 Å². The molecule has 0 aromatic rings. The van der Waals surface area contributed by atoms with E-state index in [0.29, 0.717) is 29.5 Å². The molecule has 1 heterocycles. The zero-order valence-corrected chi connectivity index (χ0v) is 13.7. The second kappa shape index (κ2) is 6.10. The van der Waals surface area contributed by atoms with Crippen LogP contribution in [0.2, 0.25) is 0 Å². The molecule has 4 aliphatic carbocycles. The first-order chi connectivity index (χ1) is 11.0. The highest BCUT2D eigenvalue weighted by Crippen LogP contribution is 2.51. The molecule has 5 fully saturated rings. The molecule has 5 nitrogen and oxygen atoms in total. The summed E-state index contributed by atoms with van der Waals surface area (Å²) in [7, 11) is 0. The number of carbonyl (C=O) groups is 1. The Morgan fingerprint density at radius 2 is 1.22 bits per heavy atom. The van der Waals surface area contributed by atoms with Crippen LogP contribution in [0.4, 0.5) is 0 Å². The lowest BCUT2D eigenvalue weighted by atomic mass is 10.0. The van der Waals surface area contributed by atoms with E-state index in [4.69, 9.17) is 9.47 Å². The van der Waals surface area contributed by atoms with Crippen LogP contribution < -0.4 is 0 Å². The third kappa shape index (κ3) is 3.21. The van der Waals surface area contributed by atoms with Crippen molar-refractivity contribution in [3.8, 4) is 0 Å². The molecule has 5 heteroatoms. The average Bonchev–Trinajstić information content (AvgIpc) is 3.21. The van der Waals surface area contributed by atoms with E-state index in [-0.39, 0.29) is 18.0 Å². The minimum absolute atomic E-state index is 0.0613. The molecule has 5 aliphatic rings. The number of ether oxygens (including phenoxy) is 2. The standard InChI is InChI=1S/C10H16O3.C8H12O2/c11-9-3-7-5-10(6-8(7)4-9)12-1-2-13-10;9-7-1-5-2-8(10)4-6(5)3-7/h7-9,11H,1-6H2;5-7,9H,1-4H2/t7-,8+,9?;5-,6+,7?. The molecule has 23 heavy (non-hydrogen) atoms. The molecule has 5 rings (SSSR count). The summed E-state index contributed by atoms with van der Waals surface area (Å²) in [5, 5.41) is 18.7. The summed E-state index contributed by atoms with van der Waals surface area (Å²) in [5.74, 6) is 2.52. The summed E-state index contributed by atoms with van der Waals surface area (Å²) in [5.41, 5.74) is 0. The summed E-state index contributed by atoms with van der Waals surface area (Å²) >= 11 is 0. The zero-order chi connectivity index (χ0) is 16.0. The smallest absolute Gasteiger partial charge is 0.169 e. The van der Waals surface area contributed by atoms with E-state index in [2.05, 4.69) is 0 Å². The number of carbonyl (C=O) groups excluding carboxylic acids is 1. The monoisotopic (exact) mass is 324 g/mol. The summed E-state index contributed by atoms with van der Waals surface area (Å²) in [6.45, 7) is 1.50. The largest absolute Gasteiger partial charge is 0.393 e. The molecule has 130 valence electrons. The SMILES string of the molecule is O=C1C[C@@H]2CC(O)C[C@@H]2C1.OC1C[C@@H]2CC3(C[C@@H]2C1)OCCO3. The van der Waals surface area contributed by atoms with Gasteiger partial charge in [0.1, 0.15) is 5.78 Å². The maximum absolute atomic E-state index is 10.9. The number of fused-ring (bicyclic) bond motifs is 2. The third-order valence-corrected chi connectivity index (χ3v) is 6.57. The van der Waals surface area contributed by atoms with Crippen molar-refractivity contribution in [2.45, 2.75) is 69.4 Å². The lowest BCUT2D eigenvalue weighted by molar-refractivity contribution is -0.156. The van der Waals surface area contributed by atoms with Gasteiger partial charge in [-0.15, -0.1) is 0 Å². The Kier molecular flexibility index (Phi) is 4.25. The van der Waals surface area contributed by atoms with Crippen LogP contribution in [-0.2, 0) is 14.3 Å². The maximum atomic E-state index is 10.9. The van der Waals surface area contributed by atoms with Crippen LogP contribution in [0.15, 0.2) is 0 Å². The molecule has 1 aliphatic heterocycles. The van der Waals surface area contributed by atoms with Crippen LogP contribution in [0.1, 0.15) is 51.4 Å². The van der Waals surface area contributed by atoms with Gasteiger partial charge in [-0.3, -0.25) is 4.79 Å². The van der Waals surface area contributed by atoms with Gasteiger partial charge in [-0.05, 0) is 49.4 Å². The summed E-state index contributed by atoms with van der Waals surface area (Å²) in [4.78, 5) is 10.9. The van der Waals surface area contributed by atoms with E-state index in [1.165, 1.54) is 0 Å². The number of Topliss-reactive ketones (excluding diaryl/α,β-unsaturated/α-hetero) is 1. The Bertz CT molecular complexity index is 426. The van der Waals surface area contributed by atoms with Gasteiger partial charge in [0.15, 0.2) is 5.79 Å². The van der Waals surface area contributed by atoms with Gasteiger partial charge in [0.05, 0.1) is 25.4 Å². The minimum Gasteiger partial charge on any atom is -0.393 e. The van der Waals surface area contributed by atoms with Gasteiger partial charge in [0.2, 0.25) is 0 Å². The summed E-state index contributed by atoms with van der Waals surface area (Å²) in [6, 6.07) is 0. The van der Waals surface area contributed by atoms with Crippen molar-refractivity contribution in [1.29, 1.82) is 0 Å². The lowest BCUT2D eigenvalue weighted by Crippen LogP contribution is -2.27. The van der Waals surface area contributed by atoms with Gasteiger partial charge in [0.25, 0.3) is 0 Å². The Morgan fingerprint density at radius 1 is 0.783 bits per heavy atom. The Balaban J connectivity index is 0.000000122. The van der Waals surface area contributed by atoms with Crippen molar-refractivity contribution in [1.82, 2.24) is 0 Å². The van der Waals surface area contributed by atoms with E-state index in [0.717, 1.165) is 64.6 Å². The number of aliphatic hydroxyl groups excluding tert-OH is 2. The van der Waals surface area contributed by atoms with Crippen LogP contribution in [-0.4, -0.2) is 47.2 Å². The number of hydrogen-bond acceptors (Lipinski definition) is 5. The van der Waals surface area contributed by atoms with E-state index in [1.54, 1.807) is 0 Å². The quantitative estimate of drug-likeness (QED) is 0.708. The van der Waals surface area contributed by atoms with Gasteiger partial charge in [-0.25, -0.2) is 0 Å². The minimum atomic E-state index is -0.241. The predicted molar refractivity (Wildman–Crippen MR) is 82.6 cm³/mol. The first kappa shape index (κ1) is 16.0. The molecule has 6 atom stereocenters. The fourth-order valence-electron chi connectivity index (χ4n) is 5.64. The Morgan fingerprint density at radius 3 is 1.70 bits per heavy atom. The predicted octanol–water partition coefficient (Wildman–Crippen LogP) is 1.65. The molecule has 1 spiro atoms. The second-order valence-corrected chi connectivity index (χ2v) is 8.25. The highest BCUT2D eigenvalue weighted by molar-refractivity contribution is 5.81. The van der Waals surface area contributed by atoms with Crippen LogP contribution in [0.5, 0.6) is 0 Å². The number of rotatable bonds is 0. The molecule has 0 radical (unpaired) electrons. The van der Waals surface area contributed by atoms with Gasteiger partial charge in [0, 0.05) is 25.7 Å². The maximum Gasteiger partial charge on any atom is 0.169 e. The third-order valence-electron chi connectivity index (χ3n) is 6.57. The van der Waals surface area contributed by atoms with E-state index < -0.39 is 0 Å². The highest BCUT2D eigenvalue weighted by Gasteiger charge is 2.52. The first-order valence-corrected chi connectivity index (χ1v) is 9.19. The molecule has 4 saturated carbocycles.